The van der Waals surface area contributed by atoms with E-state index in [2.05, 4.69) is 26.2 Å². The van der Waals surface area contributed by atoms with E-state index in [-0.39, 0.29) is 11.9 Å². The fraction of sp³-hybridized carbons (Fsp3) is 0.176. The molecule has 1 saturated heterocycles. The van der Waals surface area contributed by atoms with Crippen LogP contribution in [0.5, 0.6) is 5.88 Å². The zero-order valence-corrected chi connectivity index (χ0v) is 16.7. The van der Waals surface area contributed by atoms with Crippen molar-refractivity contribution in [3.8, 4) is 5.88 Å². The Labute approximate surface area is 167 Å². The normalized spacial score (nSPS) is 15.2. The van der Waals surface area contributed by atoms with E-state index < -0.39 is 0 Å². The Hall–Kier alpha value is -1.21. The minimum absolute atomic E-state index is 0.135. The highest BCUT2D eigenvalue weighted by atomic mass is 79.9. The number of aromatic nitrogens is 1. The molecule has 4 rings (SSSR count). The Bertz CT molecular complexity index is 981. The highest BCUT2D eigenvalue weighted by Gasteiger charge is 2.27. The second-order valence-electron chi connectivity index (χ2n) is 5.72. The molecule has 1 aliphatic heterocycles. The molecule has 1 N–H and O–H groups in total. The Morgan fingerprint density at radius 2 is 1.80 bits per heavy atom. The van der Waals surface area contributed by atoms with E-state index in [4.69, 9.17) is 23.2 Å². The van der Waals surface area contributed by atoms with Crippen molar-refractivity contribution in [3.63, 3.8) is 0 Å². The van der Waals surface area contributed by atoms with Crippen LogP contribution in [-0.4, -0.2) is 21.2 Å². The highest BCUT2D eigenvalue weighted by Crippen LogP contribution is 2.45. The molecule has 0 radical (unpaired) electrons. The summed E-state index contributed by atoms with van der Waals surface area (Å²) in [5, 5.41) is 21.1. The Balaban J connectivity index is 1.84. The van der Waals surface area contributed by atoms with Crippen molar-refractivity contribution in [2.24, 2.45) is 10.2 Å². The molecule has 0 aliphatic carbocycles. The quantitative estimate of drug-likeness (QED) is 0.426. The average molecular weight is 457 g/mol. The van der Waals surface area contributed by atoms with Crippen molar-refractivity contribution >= 4 is 73.2 Å². The molecular weight excluding hydrogens is 445 g/mol. The van der Waals surface area contributed by atoms with E-state index in [0.717, 1.165) is 26.9 Å². The van der Waals surface area contributed by atoms with E-state index in [0.29, 0.717) is 21.4 Å². The molecule has 1 aliphatic rings. The smallest absolute Gasteiger partial charge is 0.221 e. The molecule has 25 heavy (non-hydrogen) atoms. The number of fused-ring (bicyclic) bond motifs is 1. The molecule has 0 saturated carbocycles. The molecule has 2 heterocycles. The van der Waals surface area contributed by atoms with Crippen molar-refractivity contribution in [3.05, 3.63) is 50.9 Å². The summed E-state index contributed by atoms with van der Waals surface area (Å²) in [4.78, 5) is 0. The van der Waals surface area contributed by atoms with Gasteiger partial charge in [0.25, 0.3) is 0 Å². The third-order valence-corrected chi connectivity index (χ3v) is 6.18. The largest absolute Gasteiger partial charge is 0.493 e. The lowest BCUT2D eigenvalue weighted by Crippen LogP contribution is -2.22. The van der Waals surface area contributed by atoms with Crippen molar-refractivity contribution in [2.75, 3.05) is 11.5 Å². The molecule has 1 fully saturated rings. The minimum atomic E-state index is 0.135. The minimum Gasteiger partial charge on any atom is -0.493 e. The van der Waals surface area contributed by atoms with Crippen LogP contribution in [0.1, 0.15) is 6.04 Å². The predicted octanol–water partition coefficient (Wildman–Crippen LogP) is 7.12. The van der Waals surface area contributed by atoms with Crippen LogP contribution < -0.4 is 0 Å². The summed E-state index contributed by atoms with van der Waals surface area (Å²) in [7, 11) is 0. The summed E-state index contributed by atoms with van der Waals surface area (Å²) in [6.45, 7) is 0. The van der Waals surface area contributed by atoms with Gasteiger partial charge in [0.2, 0.25) is 5.88 Å². The van der Waals surface area contributed by atoms with Gasteiger partial charge in [-0.25, -0.2) is 0 Å². The van der Waals surface area contributed by atoms with Gasteiger partial charge < -0.3 is 9.67 Å². The van der Waals surface area contributed by atoms with Gasteiger partial charge in [-0.3, -0.25) is 0 Å². The van der Waals surface area contributed by atoms with Crippen molar-refractivity contribution < 1.29 is 5.11 Å². The number of halogens is 3. The van der Waals surface area contributed by atoms with Crippen molar-refractivity contribution in [2.45, 2.75) is 6.04 Å². The van der Waals surface area contributed by atoms with Gasteiger partial charge in [-0.1, -0.05) is 39.1 Å². The molecule has 4 nitrogen and oxygen atoms in total. The van der Waals surface area contributed by atoms with Crippen LogP contribution in [0.25, 0.3) is 10.9 Å². The summed E-state index contributed by atoms with van der Waals surface area (Å²) >= 11 is 17.3. The summed E-state index contributed by atoms with van der Waals surface area (Å²) in [5.41, 5.74) is 1.93. The molecule has 0 atom stereocenters. The molecule has 0 unspecified atom stereocenters. The van der Waals surface area contributed by atoms with E-state index in [1.165, 1.54) is 0 Å². The monoisotopic (exact) mass is 455 g/mol. The van der Waals surface area contributed by atoms with E-state index in [1.807, 2.05) is 34.5 Å². The van der Waals surface area contributed by atoms with Gasteiger partial charge in [-0.2, -0.15) is 16.9 Å². The standard InChI is InChI=1S/C17H12BrCl2N3OS/c18-9-1-2-15-14(3-9)16(17(24)23(15)13-7-25-8-13)22-21-12-5-10(19)4-11(20)6-12/h1-6,13,24H,7-8H2. The van der Waals surface area contributed by atoms with Gasteiger partial charge in [0.1, 0.15) is 0 Å². The molecule has 0 amide bonds. The third kappa shape index (κ3) is 3.28. The summed E-state index contributed by atoms with van der Waals surface area (Å²) in [5.74, 6) is 2.09. The molecule has 8 heteroatoms. The van der Waals surface area contributed by atoms with Crippen LogP contribution in [0, 0.1) is 0 Å². The van der Waals surface area contributed by atoms with Crippen LogP contribution in [-0.2, 0) is 0 Å². The molecular formula is C17H12BrCl2N3OS. The third-order valence-electron chi connectivity index (χ3n) is 4.01. The van der Waals surface area contributed by atoms with Crippen LogP contribution in [0.3, 0.4) is 0 Å². The zero-order valence-electron chi connectivity index (χ0n) is 12.8. The molecule has 3 aromatic rings. The van der Waals surface area contributed by atoms with Gasteiger partial charge in [0.05, 0.1) is 17.2 Å². The van der Waals surface area contributed by atoms with Gasteiger partial charge in [0, 0.05) is 31.4 Å². The van der Waals surface area contributed by atoms with Crippen LogP contribution in [0.2, 0.25) is 10.0 Å². The number of thioether (sulfide) groups is 1. The number of hydrogen-bond acceptors (Lipinski definition) is 4. The van der Waals surface area contributed by atoms with E-state index >= 15 is 0 Å². The number of rotatable bonds is 3. The Morgan fingerprint density at radius 3 is 2.44 bits per heavy atom. The van der Waals surface area contributed by atoms with Crippen molar-refractivity contribution in [1.82, 2.24) is 4.57 Å². The molecule has 2 aromatic carbocycles. The topological polar surface area (TPSA) is 49.9 Å². The fourth-order valence-electron chi connectivity index (χ4n) is 2.80. The molecule has 1 aromatic heterocycles. The maximum absolute atomic E-state index is 10.8. The maximum atomic E-state index is 10.8. The maximum Gasteiger partial charge on any atom is 0.221 e. The lowest BCUT2D eigenvalue weighted by atomic mass is 10.2. The first kappa shape index (κ1) is 17.2. The first-order valence-electron chi connectivity index (χ1n) is 7.51. The lowest BCUT2D eigenvalue weighted by molar-refractivity contribution is 0.406. The Kier molecular flexibility index (Phi) is 4.71. The SMILES string of the molecule is Oc1c(N=Nc2cc(Cl)cc(Cl)c2)c2cc(Br)ccc2n1C1CSC1. The number of azo groups is 1. The molecule has 0 bridgehead atoms. The molecule has 128 valence electrons. The number of hydrogen-bond donors (Lipinski definition) is 1. The van der Waals surface area contributed by atoms with Crippen molar-refractivity contribution in [1.29, 1.82) is 0 Å². The fourth-order valence-corrected chi connectivity index (χ4v) is 4.42. The zero-order chi connectivity index (χ0) is 17.6. The first-order valence-corrected chi connectivity index (χ1v) is 10.2. The highest BCUT2D eigenvalue weighted by molar-refractivity contribution is 9.10. The second-order valence-corrected chi connectivity index (χ2v) is 8.59. The van der Waals surface area contributed by atoms with Gasteiger partial charge in [-0.15, -0.1) is 5.11 Å². The molecule has 0 spiro atoms. The van der Waals surface area contributed by atoms with Crippen LogP contribution in [0.4, 0.5) is 11.4 Å². The number of nitrogens with zero attached hydrogens (tertiary/aromatic N) is 3. The predicted molar refractivity (Wildman–Crippen MR) is 108 cm³/mol. The average Bonchev–Trinajstić information content (AvgIpc) is 2.75. The first-order chi connectivity index (χ1) is 12.0. The summed E-state index contributed by atoms with van der Waals surface area (Å²) in [6, 6.07) is 11.1. The van der Waals surface area contributed by atoms with Gasteiger partial charge in [-0.05, 0) is 36.4 Å². The van der Waals surface area contributed by atoms with Gasteiger partial charge in [0.15, 0.2) is 5.69 Å². The van der Waals surface area contributed by atoms with Crippen LogP contribution >= 0.6 is 50.9 Å². The lowest BCUT2D eigenvalue weighted by Gasteiger charge is -2.27. The van der Waals surface area contributed by atoms with Gasteiger partial charge >= 0.3 is 0 Å². The van der Waals surface area contributed by atoms with E-state index in [1.54, 1.807) is 18.2 Å². The van der Waals surface area contributed by atoms with Crippen LogP contribution in [0.15, 0.2) is 51.1 Å². The second kappa shape index (κ2) is 6.83. The number of aromatic hydroxyl groups is 1. The summed E-state index contributed by atoms with van der Waals surface area (Å²) < 4.78 is 2.86. The number of benzene rings is 2. The van der Waals surface area contributed by atoms with E-state index in [9.17, 15) is 5.11 Å². The Morgan fingerprint density at radius 1 is 1.08 bits per heavy atom. The summed E-state index contributed by atoms with van der Waals surface area (Å²) in [6.07, 6.45) is 0.